The number of guanidine groups is 1. The van der Waals surface area contributed by atoms with Crippen LogP contribution < -0.4 is 15.4 Å². The molecule has 0 radical (unpaired) electrons. The lowest BCUT2D eigenvalue weighted by molar-refractivity contribution is 0.129. The SMILES string of the molecule is CCNC(=NCc1ccc(C)cc1OC(C)(C)C)NCc1c(C)nn(C)c1C. The summed E-state index contributed by atoms with van der Waals surface area (Å²) in [5, 5.41) is 11.2. The van der Waals surface area contributed by atoms with Crippen molar-refractivity contribution in [2.24, 2.45) is 12.0 Å². The minimum atomic E-state index is -0.246. The van der Waals surface area contributed by atoms with Gasteiger partial charge in [-0.05, 0) is 60.1 Å². The Bertz CT molecular complexity index is 830. The number of aliphatic imine (C=N–C) groups is 1. The molecule has 2 rings (SSSR count). The van der Waals surface area contributed by atoms with Crippen molar-refractivity contribution in [2.75, 3.05) is 6.54 Å². The van der Waals surface area contributed by atoms with E-state index in [0.717, 1.165) is 29.5 Å². The van der Waals surface area contributed by atoms with Gasteiger partial charge in [-0.2, -0.15) is 5.10 Å². The van der Waals surface area contributed by atoms with Crippen LogP contribution in [0.3, 0.4) is 0 Å². The van der Waals surface area contributed by atoms with Crippen LogP contribution in [-0.2, 0) is 20.1 Å². The molecular formula is C22H35N5O. The monoisotopic (exact) mass is 385 g/mol. The molecule has 1 aromatic heterocycles. The zero-order valence-electron chi connectivity index (χ0n) is 18.6. The van der Waals surface area contributed by atoms with Gasteiger partial charge in [0.25, 0.3) is 0 Å². The number of aryl methyl sites for hydroxylation is 3. The Balaban J connectivity index is 2.16. The number of rotatable bonds is 6. The van der Waals surface area contributed by atoms with Gasteiger partial charge in [-0.1, -0.05) is 12.1 Å². The first-order chi connectivity index (χ1) is 13.1. The number of hydrogen-bond donors (Lipinski definition) is 2. The Morgan fingerprint density at radius 1 is 1.18 bits per heavy atom. The van der Waals surface area contributed by atoms with Gasteiger partial charge in [-0.15, -0.1) is 0 Å². The minimum Gasteiger partial charge on any atom is -0.488 e. The van der Waals surface area contributed by atoms with E-state index >= 15 is 0 Å². The summed E-state index contributed by atoms with van der Waals surface area (Å²) in [5.41, 5.74) is 5.43. The molecule has 1 aromatic carbocycles. The second-order valence-corrected chi connectivity index (χ2v) is 8.15. The summed E-state index contributed by atoms with van der Waals surface area (Å²) in [6, 6.07) is 6.28. The van der Waals surface area contributed by atoms with Gasteiger partial charge in [-0.3, -0.25) is 4.68 Å². The van der Waals surface area contributed by atoms with Crippen LogP contribution in [-0.4, -0.2) is 27.9 Å². The number of nitrogens with one attached hydrogen (secondary N) is 2. The summed E-state index contributed by atoms with van der Waals surface area (Å²) in [6.07, 6.45) is 0. The number of hydrogen-bond acceptors (Lipinski definition) is 3. The molecule has 0 aliphatic heterocycles. The molecule has 0 aliphatic rings. The summed E-state index contributed by atoms with van der Waals surface area (Å²) in [7, 11) is 1.97. The lowest BCUT2D eigenvalue weighted by Crippen LogP contribution is -2.37. The third-order valence-corrected chi connectivity index (χ3v) is 4.48. The molecule has 0 amide bonds. The van der Waals surface area contributed by atoms with E-state index in [4.69, 9.17) is 9.73 Å². The quantitative estimate of drug-likeness (QED) is 0.587. The molecule has 154 valence electrons. The third-order valence-electron chi connectivity index (χ3n) is 4.48. The molecule has 0 unspecified atom stereocenters. The average molecular weight is 386 g/mol. The van der Waals surface area contributed by atoms with Crippen molar-refractivity contribution in [1.82, 2.24) is 20.4 Å². The van der Waals surface area contributed by atoms with Gasteiger partial charge in [0.1, 0.15) is 11.4 Å². The highest BCUT2D eigenvalue weighted by atomic mass is 16.5. The van der Waals surface area contributed by atoms with Crippen LogP contribution >= 0.6 is 0 Å². The first kappa shape index (κ1) is 21.8. The minimum absolute atomic E-state index is 0.246. The van der Waals surface area contributed by atoms with Crippen LogP contribution in [0.15, 0.2) is 23.2 Å². The van der Waals surface area contributed by atoms with Gasteiger partial charge >= 0.3 is 0 Å². The molecule has 0 fully saturated rings. The molecule has 6 nitrogen and oxygen atoms in total. The van der Waals surface area contributed by atoms with Crippen LogP contribution in [0, 0.1) is 20.8 Å². The summed E-state index contributed by atoms with van der Waals surface area (Å²) in [4.78, 5) is 4.77. The maximum absolute atomic E-state index is 6.15. The molecule has 0 aliphatic carbocycles. The van der Waals surface area contributed by atoms with E-state index in [0.29, 0.717) is 13.1 Å². The van der Waals surface area contributed by atoms with Crippen LogP contribution in [0.2, 0.25) is 0 Å². The Kier molecular flexibility index (Phi) is 7.11. The number of nitrogens with zero attached hydrogens (tertiary/aromatic N) is 3. The van der Waals surface area contributed by atoms with Crippen molar-refractivity contribution >= 4 is 5.96 Å². The predicted molar refractivity (Wildman–Crippen MR) is 116 cm³/mol. The van der Waals surface area contributed by atoms with E-state index in [9.17, 15) is 0 Å². The number of benzene rings is 1. The van der Waals surface area contributed by atoms with Crippen LogP contribution in [0.5, 0.6) is 5.75 Å². The van der Waals surface area contributed by atoms with E-state index in [2.05, 4.69) is 75.5 Å². The van der Waals surface area contributed by atoms with Gasteiger partial charge in [0, 0.05) is 37.0 Å². The molecule has 6 heteroatoms. The zero-order chi connectivity index (χ0) is 20.9. The van der Waals surface area contributed by atoms with Crippen molar-refractivity contribution in [3.05, 3.63) is 46.3 Å². The first-order valence-electron chi connectivity index (χ1n) is 9.90. The Morgan fingerprint density at radius 3 is 2.46 bits per heavy atom. The van der Waals surface area contributed by atoms with Gasteiger partial charge in [0.05, 0.1) is 12.2 Å². The Labute approximate surface area is 169 Å². The summed E-state index contributed by atoms with van der Waals surface area (Å²) >= 11 is 0. The molecule has 0 saturated heterocycles. The fourth-order valence-corrected chi connectivity index (χ4v) is 2.97. The Morgan fingerprint density at radius 2 is 1.89 bits per heavy atom. The second-order valence-electron chi connectivity index (χ2n) is 8.15. The fourth-order valence-electron chi connectivity index (χ4n) is 2.97. The standard InChI is InChI=1S/C22H35N5O/c1-9-23-21(25-14-19-16(3)26-27(8)17(19)4)24-13-18-11-10-15(2)12-20(18)28-22(5,6)7/h10-12H,9,13-14H2,1-8H3,(H2,23,24,25). The van der Waals surface area contributed by atoms with Gasteiger partial charge in [0.2, 0.25) is 0 Å². The fraction of sp³-hybridized carbons (Fsp3) is 0.545. The summed E-state index contributed by atoms with van der Waals surface area (Å²) < 4.78 is 8.06. The molecular weight excluding hydrogens is 350 g/mol. The van der Waals surface area contributed by atoms with Crippen molar-refractivity contribution in [1.29, 1.82) is 0 Å². The molecule has 0 bridgehead atoms. The highest BCUT2D eigenvalue weighted by molar-refractivity contribution is 5.79. The molecule has 28 heavy (non-hydrogen) atoms. The lowest BCUT2D eigenvalue weighted by Gasteiger charge is -2.23. The second kappa shape index (κ2) is 9.13. The normalized spacial score (nSPS) is 12.2. The van der Waals surface area contributed by atoms with Gasteiger partial charge in [-0.25, -0.2) is 4.99 Å². The smallest absolute Gasteiger partial charge is 0.191 e. The maximum atomic E-state index is 6.15. The van der Waals surface area contributed by atoms with E-state index in [1.165, 1.54) is 16.8 Å². The number of ether oxygens (including phenoxy) is 1. The van der Waals surface area contributed by atoms with Crippen molar-refractivity contribution in [2.45, 2.75) is 67.2 Å². The van der Waals surface area contributed by atoms with Gasteiger partial charge < -0.3 is 15.4 Å². The average Bonchev–Trinajstić information content (AvgIpc) is 2.82. The molecule has 2 aromatic rings. The molecule has 0 atom stereocenters. The largest absolute Gasteiger partial charge is 0.488 e. The summed E-state index contributed by atoms with van der Waals surface area (Å²) in [5.74, 6) is 1.68. The third kappa shape index (κ3) is 6.01. The molecule has 0 saturated carbocycles. The summed E-state index contributed by atoms with van der Waals surface area (Å²) in [6.45, 7) is 16.5. The molecule has 1 heterocycles. The predicted octanol–water partition coefficient (Wildman–Crippen LogP) is 3.78. The van der Waals surface area contributed by atoms with Crippen molar-refractivity contribution in [3.63, 3.8) is 0 Å². The molecule has 0 spiro atoms. The van der Waals surface area contributed by atoms with Crippen LogP contribution in [0.1, 0.15) is 55.8 Å². The molecule has 2 N–H and O–H groups in total. The van der Waals surface area contributed by atoms with Crippen molar-refractivity contribution in [3.8, 4) is 5.75 Å². The van der Waals surface area contributed by atoms with Gasteiger partial charge in [0.15, 0.2) is 5.96 Å². The highest BCUT2D eigenvalue weighted by Gasteiger charge is 2.15. The number of aromatic nitrogens is 2. The zero-order valence-corrected chi connectivity index (χ0v) is 18.6. The lowest BCUT2D eigenvalue weighted by atomic mass is 10.1. The Hall–Kier alpha value is -2.50. The maximum Gasteiger partial charge on any atom is 0.191 e. The topological polar surface area (TPSA) is 63.5 Å². The van der Waals surface area contributed by atoms with E-state index in [-0.39, 0.29) is 5.60 Å². The van der Waals surface area contributed by atoms with Crippen LogP contribution in [0.4, 0.5) is 0 Å². The first-order valence-corrected chi connectivity index (χ1v) is 9.90. The van der Waals surface area contributed by atoms with Crippen molar-refractivity contribution < 1.29 is 4.74 Å². The van der Waals surface area contributed by atoms with Crippen LogP contribution in [0.25, 0.3) is 0 Å². The highest BCUT2D eigenvalue weighted by Crippen LogP contribution is 2.25. The van der Waals surface area contributed by atoms with E-state index in [1.807, 2.05) is 18.7 Å². The van der Waals surface area contributed by atoms with E-state index < -0.39 is 0 Å². The van der Waals surface area contributed by atoms with E-state index in [1.54, 1.807) is 0 Å².